The van der Waals surface area contributed by atoms with Gasteiger partial charge in [-0.3, -0.25) is 0 Å². The normalized spacial score (nSPS) is 19.0. The first kappa shape index (κ1) is 19.4. The summed E-state index contributed by atoms with van der Waals surface area (Å²) in [5.41, 5.74) is 0. The Hall–Kier alpha value is 0.350. The lowest BCUT2D eigenvalue weighted by atomic mass is 9.88. The molecule has 1 rings (SSSR count). The van der Waals surface area contributed by atoms with E-state index in [1.807, 2.05) is 0 Å². The molecule has 21 heavy (non-hydrogen) atoms. The monoisotopic (exact) mass is 312 g/mol. The molecule has 0 bridgehead atoms. The average molecular weight is 313 g/mol. The lowest BCUT2D eigenvalue weighted by Crippen LogP contribution is -2.08. The van der Waals surface area contributed by atoms with Crippen LogP contribution in [-0.2, 0) is 0 Å². The van der Waals surface area contributed by atoms with Crippen molar-refractivity contribution in [3.8, 4) is 0 Å². The van der Waals surface area contributed by atoms with Gasteiger partial charge in [-0.05, 0) is 42.8 Å². The van der Waals surface area contributed by atoms with Crippen LogP contribution in [0.15, 0.2) is 0 Å². The second kappa shape index (κ2) is 12.9. The highest BCUT2D eigenvalue weighted by molar-refractivity contribution is 7.80. The fraction of sp³-hybridized carbons (Fsp3) is 1.00. The molecule has 1 fully saturated rings. The van der Waals surface area contributed by atoms with Crippen LogP contribution in [0.2, 0.25) is 0 Å². The molecule has 0 radical (unpaired) electrons. The summed E-state index contributed by atoms with van der Waals surface area (Å²) in [6.45, 7) is 4.78. The molecule has 0 amide bonds. The fourth-order valence-electron chi connectivity index (χ4n) is 3.99. The number of hydrogen-bond acceptors (Lipinski definition) is 1. The van der Waals surface area contributed by atoms with Gasteiger partial charge in [0.25, 0.3) is 0 Å². The average Bonchev–Trinajstić information content (AvgIpc) is 2.98. The Labute approximate surface area is 140 Å². The summed E-state index contributed by atoms with van der Waals surface area (Å²) < 4.78 is 0. The van der Waals surface area contributed by atoms with E-state index in [1.54, 1.807) is 0 Å². The van der Waals surface area contributed by atoms with Gasteiger partial charge in [-0.15, -0.1) is 0 Å². The van der Waals surface area contributed by atoms with E-state index in [1.165, 1.54) is 89.9 Å². The van der Waals surface area contributed by atoms with Crippen LogP contribution in [0.1, 0.15) is 104 Å². The maximum absolute atomic E-state index is 4.59. The van der Waals surface area contributed by atoms with E-state index in [0.29, 0.717) is 0 Å². The third kappa shape index (κ3) is 9.87. The topological polar surface area (TPSA) is 0 Å². The van der Waals surface area contributed by atoms with Crippen LogP contribution in [0.25, 0.3) is 0 Å². The van der Waals surface area contributed by atoms with Crippen LogP contribution in [-0.4, -0.2) is 5.75 Å². The quantitative estimate of drug-likeness (QED) is 0.268. The van der Waals surface area contributed by atoms with E-state index < -0.39 is 0 Å². The van der Waals surface area contributed by atoms with Crippen molar-refractivity contribution in [2.24, 2.45) is 17.8 Å². The molecule has 0 spiro atoms. The fourth-order valence-corrected chi connectivity index (χ4v) is 4.36. The van der Waals surface area contributed by atoms with Crippen molar-refractivity contribution < 1.29 is 0 Å². The summed E-state index contributed by atoms with van der Waals surface area (Å²) in [6, 6.07) is 0. The second-order valence-corrected chi connectivity index (χ2v) is 8.04. The minimum absolute atomic E-state index is 0.880. The number of rotatable bonds is 13. The first-order valence-corrected chi connectivity index (χ1v) is 10.5. The van der Waals surface area contributed by atoms with E-state index in [2.05, 4.69) is 26.5 Å². The van der Waals surface area contributed by atoms with Crippen molar-refractivity contribution in [3.05, 3.63) is 0 Å². The standard InChI is InChI=1S/C20H40S/c1-3-4-5-6-7-8-13-20(17-21)15-14-18(2)16-19-11-9-10-12-19/h18-21H,3-17H2,1-2H3. The minimum Gasteiger partial charge on any atom is -0.179 e. The molecule has 0 N–H and O–H groups in total. The third-order valence-corrected chi connectivity index (χ3v) is 6.02. The molecular formula is C20H40S. The SMILES string of the molecule is CCCCCCCCC(CS)CCC(C)CC1CCCC1. The lowest BCUT2D eigenvalue weighted by molar-refractivity contribution is 0.342. The van der Waals surface area contributed by atoms with E-state index in [0.717, 1.165) is 23.5 Å². The number of unbranched alkanes of at least 4 members (excludes halogenated alkanes) is 5. The number of hydrogen-bond donors (Lipinski definition) is 1. The van der Waals surface area contributed by atoms with Crippen molar-refractivity contribution in [2.45, 2.75) is 104 Å². The van der Waals surface area contributed by atoms with Crippen molar-refractivity contribution in [1.82, 2.24) is 0 Å². The first-order chi connectivity index (χ1) is 10.3. The molecule has 0 aromatic rings. The molecule has 0 saturated heterocycles. The Morgan fingerprint density at radius 3 is 2.24 bits per heavy atom. The molecule has 0 nitrogen and oxygen atoms in total. The van der Waals surface area contributed by atoms with Crippen molar-refractivity contribution >= 4 is 12.6 Å². The van der Waals surface area contributed by atoms with Gasteiger partial charge in [0.2, 0.25) is 0 Å². The molecule has 1 heteroatoms. The summed E-state index contributed by atoms with van der Waals surface area (Å²) in [5, 5.41) is 0. The van der Waals surface area contributed by atoms with Gasteiger partial charge in [-0.25, -0.2) is 0 Å². The Morgan fingerprint density at radius 2 is 1.57 bits per heavy atom. The van der Waals surface area contributed by atoms with E-state index in [4.69, 9.17) is 0 Å². The molecule has 2 unspecified atom stereocenters. The van der Waals surface area contributed by atoms with Crippen LogP contribution in [0, 0.1) is 17.8 Å². The summed E-state index contributed by atoms with van der Waals surface area (Å²) in [5.74, 6) is 3.99. The predicted molar refractivity (Wildman–Crippen MR) is 100 cm³/mol. The van der Waals surface area contributed by atoms with Gasteiger partial charge in [-0.2, -0.15) is 12.6 Å². The van der Waals surface area contributed by atoms with Gasteiger partial charge in [-0.1, -0.05) is 84.5 Å². The third-order valence-electron chi connectivity index (χ3n) is 5.50. The smallest absolute Gasteiger partial charge is 0.00695 e. The van der Waals surface area contributed by atoms with Crippen molar-refractivity contribution in [2.75, 3.05) is 5.75 Å². The van der Waals surface area contributed by atoms with Gasteiger partial charge >= 0.3 is 0 Å². The van der Waals surface area contributed by atoms with Crippen LogP contribution >= 0.6 is 12.6 Å². The molecule has 0 aliphatic heterocycles. The zero-order valence-electron chi connectivity index (χ0n) is 14.8. The zero-order chi connectivity index (χ0) is 15.3. The lowest BCUT2D eigenvalue weighted by Gasteiger charge is -2.20. The number of thiol groups is 1. The molecule has 0 heterocycles. The molecule has 2 atom stereocenters. The van der Waals surface area contributed by atoms with Gasteiger partial charge in [0.1, 0.15) is 0 Å². The molecule has 1 aliphatic carbocycles. The van der Waals surface area contributed by atoms with Crippen LogP contribution in [0.4, 0.5) is 0 Å². The largest absolute Gasteiger partial charge is 0.179 e. The summed E-state index contributed by atoms with van der Waals surface area (Å²) >= 11 is 4.59. The molecule has 1 aliphatic rings. The molecular weight excluding hydrogens is 272 g/mol. The Balaban J connectivity index is 2.01. The summed E-state index contributed by atoms with van der Waals surface area (Å²) in [4.78, 5) is 0. The van der Waals surface area contributed by atoms with Crippen LogP contribution in [0.3, 0.4) is 0 Å². The van der Waals surface area contributed by atoms with Crippen LogP contribution < -0.4 is 0 Å². The molecule has 0 aromatic heterocycles. The van der Waals surface area contributed by atoms with Gasteiger partial charge in [0, 0.05) is 0 Å². The molecule has 126 valence electrons. The Morgan fingerprint density at radius 1 is 0.905 bits per heavy atom. The summed E-state index contributed by atoms with van der Waals surface area (Å²) in [7, 11) is 0. The van der Waals surface area contributed by atoms with E-state index >= 15 is 0 Å². The van der Waals surface area contributed by atoms with E-state index in [9.17, 15) is 0 Å². The zero-order valence-corrected chi connectivity index (χ0v) is 15.7. The van der Waals surface area contributed by atoms with Crippen molar-refractivity contribution in [1.29, 1.82) is 0 Å². The highest BCUT2D eigenvalue weighted by atomic mass is 32.1. The maximum Gasteiger partial charge on any atom is -0.00695 e. The van der Waals surface area contributed by atoms with Gasteiger partial charge < -0.3 is 0 Å². The van der Waals surface area contributed by atoms with Crippen LogP contribution in [0.5, 0.6) is 0 Å². The highest BCUT2D eigenvalue weighted by Gasteiger charge is 2.18. The predicted octanol–water partition coefficient (Wildman–Crippen LogP) is 7.28. The maximum atomic E-state index is 4.59. The first-order valence-electron chi connectivity index (χ1n) is 9.87. The Bertz CT molecular complexity index is 220. The highest BCUT2D eigenvalue weighted by Crippen LogP contribution is 2.32. The van der Waals surface area contributed by atoms with Crippen molar-refractivity contribution in [3.63, 3.8) is 0 Å². The van der Waals surface area contributed by atoms with E-state index in [-0.39, 0.29) is 0 Å². The van der Waals surface area contributed by atoms with Gasteiger partial charge in [0.05, 0.1) is 0 Å². The molecule has 0 aromatic carbocycles. The Kier molecular flexibility index (Phi) is 11.9. The second-order valence-electron chi connectivity index (χ2n) is 7.67. The minimum atomic E-state index is 0.880. The van der Waals surface area contributed by atoms with Gasteiger partial charge in [0.15, 0.2) is 0 Å². The summed E-state index contributed by atoms with van der Waals surface area (Å²) in [6.07, 6.45) is 20.4. The molecule has 1 saturated carbocycles.